The summed E-state index contributed by atoms with van der Waals surface area (Å²) in [4.78, 5) is 0. The minimum absolute atomic E-state index is 0.113. The minimum Gasteiger partial charge on any atom is -0.488 e. The summed E-state index contributed by atoms with van der Waals surface area (Å²) in [5.41, 5.74) is 6.62. The molecule has 0 radical (unpaired) electrons. The van der Waals surface area contributed by atoms with Gasteiger partial charge >= 0.3 is 0 Å². The topological polar surface area (TPSA) is 84.8 Å². The fourth-order valence-electron chi connectivity index (χ4n) is 6.91. The van der Waals surface area contributed by atoms with Crippen LogP contribution in [0.2, 0.25) is 0 Å². The van der Waals surface area contributed by atoms with Crippen LogP contribution in [-0.4, -0.2) is 43.2 Å². The van der Waals surface area contributed by atoms with E-state index in [2.05, 4.69) is 13.5 Å². The molecule has 4 atom stereocenters. The molecular weight excluding hydrogens is 680 g/mol. The Hall–Kier alpha value is -4.64. The molecule has 0 amide bonds. The number of aryl methyl sites for hydroxylation is 1. The van der Waals surface area contributed by atoms with Crippen LogP contribution >= 0.6 is 0 Å². The van der Waals surface area contributed by atoms with Gasteiger partial charge in [-0.1, -0.05) is 135 Å². The lowest BCUT2D eigenvalue weighted by Crippen LogP contribution is -2.59. The molecule has 2 fully saturated rings. The van der Waals surface area contributed by atoms with E-state index in [1.54, 1.807) is 0 Å². The highest BCUT2D eigenvalue weighted by molar-refractivity contribution is 5.47. The molecule has 1 N–H and O–H groups in total. The van der Waals surface area contributed by atoms with Crippen LogP contribution < -0.4 is 4.74 Å². The molecule has 0 aliphatic carbocycles. The summed E-state index contributed by atoms with van der Waals surface area (Å²) in [6, 6.07) is 43.4. The summed E-state index contributed by atoms with van der Waals surface area (Å²) in [7, 11) is 0. The zero-order valence-electron chi connectivity index (χ0n) is 30.7. The standard InChI is InChI=1S/C46H48O8/c1-3-38-26-41(51-29-35-18-10-5-11-19-35)40(27-39(38)45-49-24-25-50-45)46(47)44(53-31-37-22-14-7-15-23-37)43(52-30-36-20-12-6-13-21-36)33(2)42(54-46)32-48-28-34-16-8-4-9-17-34/h4-23,26-27,42-45,47H,2-3,24-25,28-32H2,1H3/t42-,43+,44-,46?/m1/s1. The number of benzene rings is 5. The van der Waals surface area contributed by atoms with Crippen LogP contribution in [0.25, 0.3) is 0 Å². The molecule has 8 nitrogen and oxygen atoms in total. The quantitative estimate of drug-likeness (QED) is 0.102. The van der Waals surface area contributed by atoms with Crippen LogP contribution in [0.4, 0.5) is 0 Å². The van der Waals surface area contributed by atoms with Gasteiger partial charge in [0.2, 0.25) is 5.79 Å². The zero-order chi connectivity index (χ0) is 37.2. The van der Waals surface area contributed by atoms with E-state index in [1.807, 2.05) is 133 Å². The van der Waals surface area contributed by atoms with Crippen molar-refractivity contribution >= 4 is 0 Å². The molecule has 0 bridgehead atoms. The third-order valence-electron chi connectivity index (χ3n) is 9.81. The highest BCUT2D eigenvalue weighted by Gasteiger charge is 2.55. The molecule has 2 aliphatic heterocycles. The normalized spacial score (nSPS) is 21.7. The van der Waals surface area contributed by atoms with Gasteiger partial charge in [-0.2, -0.15) is 0 Å². The smallest absolute Gasteiger partial charge is 0.226 e. The van der Waals surface area contributed by atoms with Crippen molar-refractivity contribution in [3.8, 4) is 5.75 Å². The molecule has 5 aromatic rings. The molecule has 1 unspecified atom stereocenters. The van der Waals surface area contributed by atoms with Crippen molar-refractivity contribution in [3.05, 3.63) is 185 Å². The van der Waals surface area contributed by atoms with Gasteiger partial charge in [0.1, 0.15) is 30.7 Å². The van der Waals surface area contributed by atoms with Gasteiger partial charge in [-0.15, -0.1) is 0 Å². The molecular formula is C46H48O8. The molecule has 2 aliphatic rings. The summed E-state index contributed by atoms with van der Waals surface area (Å²) in [6.45, 7) is 8.67. The Morgan fingerprint density at radius 1 is 0.685 bits per heavy atom. The maximum absolute atomic E-state index is 13.4. The molecule has 280 valence electrons. The van der Waals surface area contributed by atoms with Crippen LogP contribution in [0, 0.1) is 0 Å². The van der Waals surface area contributed by atoms with Gasteiger partial charge < -0.3 is 38.3 Å². The highest BCUT2D eigenvalue weighted by atomic mass is 16.7. The molecule has 54 heavy (non-hydrogen) atoms. The Balaban J connectivity index is 1.32. The predicted molar refractivity (Wildman–Crippen MR) is 205 cm³/mol. The molecule has 0 aromatic heterocycles. The van der Waals surface area contributed by atoms with E-state index in [-0.39, 0.29) is 26.4 Å². The Morgan fingerprint density at radius 3 is 1.76 bits per heavy atom. The third kappa shape index (κ3) is 9.00. The largest absolute Gasteiger partial charge is 0.488 e. The van der Waals surface area contributed by atoms with Crippen LogP contribution in [0.5, 0.6) is 5.75 Å². The summed E-state index contributed by atoms with van der Waals surface area (Å²) in [5.74, 6) is -1.66. The SMILES string of the molecule is C=C1[C@@H](COCc2ccccc2)OC(O)(c2cc(C3OCCO3)c(CC)cc2OCc2ccccc2)[C@H](OCc2ccccc2)[C@H]1OCc1ccccc1. The average molecular weight is 729 g/mol. The molecule has 7 rings (SSSR count). The van der Waals surface area contributed by atoms with Gasteiger partial charge in [-0.25, -0.2) is 0 Å². The number of hydrogen-bond donors (Lipinski definition) is 1. The Morgan fingerprint density at radius 2 is 1.20 bits per heavy atom. The first-order valence-electron chi connectivity index (χ1n) is 18.6. The minimum atomic E-state index is -2.11. The molecule has 8 heteroatoms. The van der Waals surface area contributed by atoms with E-state index in [0.29, 0.717) is 43.1 Å². The highest BCUT2D eigenvalue weighted by Crippen LogP contribution is 2.47. The third-order valence-corrected chi connectivity index (χ3v) is 9.81. The second-order valence-corrected chi connectivity index (χ2v) is 13.6. The predicted octanol–water partition coefficient (Wildman–Crippen LogP) is 8.36. The summed E-state index contributed by atoms with van der Waals surface area (Å²) >= 11 is 0. The lowest BCUT2D eigenvalue weighted by Gasteiger charge is -2.48. The van der Waals surface area contributed by atoms with Crippen LogP contribution in [0.1, 0.15) is 52.2 Å². The van der Waals surface area contributed by atoms with Crippen molar-refractivity contribution in [1.82, 2.24) is 0 Å². The second kappa shape index (κ2) is 18.1. The van der Waals surface area contributed by atoms with E-state index in [0.717, 1.165) is 33.4 Å². The maximum atomic E-state index is 13.4. The molecule has 5 aromatic carbocycles. The maximum Gasteiger partial charge on any atom is 0.226 e. The van der Waals surface area contributed by atoms with Crippen molar-refractivity contribution in [2.45, 2.75) is 70.2 Å². The fourth-order valence-corrected chi connectivity index (χ4v) is 6.91. The summed E-state index contributed by atoms with van der Waals surface area (Å²) in [6.07, 6.45) is -2.59. The fraction of sp³-hybridized carbons (Fsp3) is 0.304. The van der Waals surface area contributed by atoms with Gasteiger partial charge in [-0.05, 0) is 51.9 Å². The lowest BCUT2D eigenvalue weighted by atomic mass is 9.84. The van der Waals surface area contributed by atoms with E-state index in [1.165, 1.54) is 0 Å². The van der Waals surface area contributed by atoms with Crippen molar-refractivity contribution in [1.29, 1.82) is 0 Å². The van der Waals surface area contributed by atoms with Crippen LogP contribution in [0.15, 0.2) is 146 Å². The molecule has 0 spiro atoms. The van der Waals surface area contributed by atoms with E-state index in [9.17, 15) is 5.11 Å². The first-order valence-corrected chi connectivity index (χ1v) is 18.6. The Bertz CT molecular complexity index is 1910. The van der Waals surface area contributed by atoms with Gasteiger partial charge in [-0.3, -0.25) is 0 Å². The van der Waals surface area contributed by atoms with Crippen molar-refractivity contribution in [2.24, 2.45) is 0 Å². The van der Waals surface area contributed by atoms with Crippen molar-refractivity contribution in [3.63, 3.8) is 0 Å². The van der Waals surface area contributed by atoms with Crippen LogP contribution in [0.3, 0.4) is 0 Å². The van der Waals surface area contributed by atoms with Gasteiger partial charge in [0.25, 0.3) is 0 Å². The Labute approximate surface area is 317 Å². The average Bonchev–Trinajstić information content (AvgIpc) is 3.77. The van der Waals surface area contributed by atoms with Gasteiger partial charge in [0.05, 0.1) is 45.2 Å². The zero-order valence-corrected chi connectivity index (χ0v) is 30.7. The first kappa shape index (κ1) is 37.7. The first-order chi connectivity index (χ1) is 26.5. The number of rotatable bonds is 16. The number of aliphatic hydroxyl groups is 1. The van der Waals surface area contributed by atoms with Crippen molar-refractivity contribution in [2.75, 3.05) is 19.8 Å². The Kier molecular flexibility index (Phi) is 12.6. The summed E-state index contributed by atoms with van der Waals surface area (Å²) < 4.78 is 45.2. The van der Waals surface area contributed by atoms with E-state index >= 15 is 0 Å². The van der Waals surface area contributed by atoms with Gasteiger partial charge in [0.15, 0.2) is 6.29 Å². The lowest BCUT2D eigenvalue weighted by molar-refractivity contribution is -0.335. The monoisotopic (exact) mass is 728 g/mol. The second-order valence-electron chi connectivity index (χ2n) is 13.6. The van der Waals surface area contributed by atoms with Crippen molar-refractivity contribution < 1.29 is 38.3 Å². The number of ether oxygens (including phenoxy) is 7. The number of hydrogen-bond acceptors (Lipinski definition) is 8. The summed E-state index contributed by atoms with van der Waals surface area (Å²) in [5, 5.41) is 13.4. The van der Waals surface area contributed by atoms with Gasteiger partial charge in [0, 0.05) is 5.56 Å². The van der Waals surface area contributed by atoms with E-state index < -0.39 is 30.4 Å². The molecule has 0 saturated carbocycles. The molecule has 2 heterocycles. The molecule has 2 saturated heterocycles. The van der Waals surface area contributed by atoms with E-state index in [4.69, 9.17) is 33.2 Å². The van der Waals surface area contributed by atoms with Crippen LogP contribution in [-0.2, 0) is 67.1 Å².